The average Bonchev–Trinajstić information content (AvgIpc) is 2.15. The van der Waals surface area contributed by atoms with Gasteiger partial charge in [0.25, 0.3) is 0 Å². The van der Waals surface area contributed by atoms with Crippen LogP contribution in [0.1, 0.15) is 47.5 Å². The summed E-state index contributed by atoms with van der Waals surface area (Å²) in [6, 6.07) is 0.430. The summed E-state index contributed by atoms with van der Waals surface area (Å²) in [6.45, 7) is 12.0. The van der Waals surface area contributed by atoms with E-state index in [-0.39, 0.29) is 12.0 Å². The molecular weight excluding hydrogens is 202 g/mol. The highest BCUT2D eigenvalue weighted by atomic mass is 16.3. The van der Waals surface area contributed by atoms with Crippen molar-refractivity contribution >= 4 is 5.78 Å². The molecule has 0 amide bonds. The van der Waals surface area contributed by atoms with Gasteiger partial charge in [0, 0.05) is 37.6 Å². The van der Waals surface area contributed by atoms with Crippen LogP contribution in [-0.4, -0.2) is 41.5 Å². The molecule has 1 N–H and O–H groups in total. The highest BCUT2D eigenvalue weighted by Gasteiger charge is 2.21. The van der Waals surface area contributed by atoms with Gasteiger partial charge in [-0.1, -0.05) is 20.8 Å². The summed E-state index contributed by atoms with van der Waals surface area (Å²) < 4.78 is 0. The number of ketones is 1. The van der Waals surface area contributed by atoms with Crippen molar-refractivity contribution in [3.63, 3.8) is 0 Å². The molecule has 0 bridgehead atoms. The second kappa shape index (κ2) is 7.02. The van der Waals surface area contributed by atoms with E-state index in [0.29, 0.717) is 18.2 Å². The van der Waals surface area contributed by atoms with E-state index in [1.54, 1.807) is 0 Å². The van der Waals surface area contributed by atoms with Gasteiger partial charge in [-0.3, -0.25) is 4.79 Å². The zero-order valence-corrected chi connectivity index (χ0v) is 11.4. The molecule has 0 aliphatic heterocycles. The first-order valence-electron chi connectivity index (χ1n) is 6.17. The van der Waals surface area contributed by atoms with E-state index in [1.165, 1.54) is 0 Å². The first kappa shape index (κ1) is 15.6. The molecule has 0 aliphatic carbocycles. The molecule has 0 radical (unpaired) electrons. The molecule has 0 aromatic rings. The van der Waals surface area contributed by atoms with Gasteiger partial charge in [0.1, 0.15) is 5.78 Å². The van der Waals surface area contributed by atoms with E-state index in [2.05, 4.69) is 18.7 Å². The van der Waals surface area contributed by atoms with Crippen LogP contribution in [0.3, 0.4) is 0 Å². The Morgan fingerprint density at radius 2 is 1.81 bits per heavy atom. The summed E-state index contributed by atoms with van der Waals surface area (Å²) in [5.74, 6) is 0.308. The summed E-state index contributed by atoms with van der Waals surface area (Å²) in [6.07, 6.45) is 1.38. The number of aliphatic hydroxyl groups excluding tert-OH is 1. The minimum atomic E-state index is -0.236. The number of hydrogen-bond acceptors (Lipinski definition) is 3. The van der Waals surface area contributed by atoms with Crippen LogP contribution in [0.5, 0.6) is 0 Å². The lowest BCUT2D eigenvalue weighted by atomic mass is 9.89. The Morgan fingerprint density at radius 3 is 2.19 bits per heavy atom. The van der Waals surface area contributed by atoms with Crippen molar-refractivity contribution in [2.24, 2.45) is 5.41 Å². The molecule has 0 saturated heterocycles. The molecule has 0 aliphatic rings. The van der Waals surface area contributed by atoms with Crippen LogP contribution in [0.2, 0.25) is 0 Å². The van der Waals surface area contributed by atoms with Gasteiger partial charge in [-0.25, -0.2) is 0 Å². The number of rotatable bonds is 7. The fourth-order valence-electron chi connectivity index (χ4n) is 1.52. The molecule has 0 aromatic heterocycles. The Morgan fingerprint density at radius 1 is 1.25 bits per heavy atom. The maximum absolute atomic E-state index is 11.8. The molecule has 0 rings (SSSR count). The van der Waals surface area contributed by atoms with Crippen LogP contribution >= 0.6 is 0 Å². The Labute approximate surface area is 99.8 Å². The van der Waals surface area contributed by atoms with Crippen molar-refractivity contribution in [3.05, 3.63) is 0 Å². The average molecular weight is 229 g/mol. The molecule has 0 fully saturated rings. The molecule has 16 heavy (non-hydrogen) atoms. The smallest absolute Gasteiger partial charge is 0.139 e. The van der Waals surface area contributed by atoms with Gasteiger partial charge in [-0.05, 0) is 20.3 Å². The summed E-state index contributed by atoms with van der Waals surface area (Å²) in [7, 11) is 0. The third-order valence-corrected chi connectivity index (χ3v) is 2.80. The maximum atomic E-state index is 11.8. The quantitative estimate of drug-likeness (QED) is 0.726. The van der Waals surface area contributed by atoms with Gasteiger partial charge >= 0.3 is 0 Å². The van der Waals surface area contributed by atoms with Crippen LogP contribution in [0, 0.1) is 5.41 Å². The van der Waals surface area contributed by atoms with Crippen LogP contribution in [0.4, 0.5) is 0 Å². The first-order chi connectivity index (χ1) is 7.29. The third-order valence-electron chi connectivity index (χ3n) is 2.80. The van der Waals surface area contributed by atoms with E-state index in [1.807, 2.05) is 20.8 Å². The lowest BCUT2D eigenvalue weighted by Gasteiger charge is -2.27. The minimum absolute atomic E-state index is 0.219. The maximum Gasteiger partial charge on any atom is 0.139 e. The van der Waals surface area contributed by atoms with Crippen molar-refractivity contribution in [3.8, 4) is 0 Å². The Hall–Kier alpha value is -0.410. The van der Waals surface area contributed by atoms with Gasteiger partial charge in [-0.15, -0.1) is 0 Å². The predicted octanol–water partition coefficient (Wildman–Crippen LogP) is 2.08. The third kappa shape index (κ3) is 6.23. The molecule has 0 atom stereocenters. The molecular formula is C13H27NO2. The Kier molecular flexibility index (Phi) is 6.84. The zero-order chi connectivity index (χ0) is 12.8. The van der Waals surface area contributed by atoms with E-state index < -0.39 is 0 Å². The number of carbonyl (C=O) groups is 1. The fourth-order valence-corrected chi connectivity index (χ4v) is 1.52. The van der Waals surface area contributed by atoms with Gasteiger partial charge in [-0.2, -0.15) is 0 Å². The van der Waals surface area contributed by atoms with Gasteiger partial charge in [0.15, 0.2) is 0 Å². The number of carbonyl (C=O) groups excluding carboxylic acids is 1. The van der Waals surface area contributed by atoms with Crippen molar-refractivity contribution in [1.29, 1.82) is 0 Å². The van der Waals surface area contributed by atoms with Crippen LogP contribution in [0.25, 0.3) is 0 Å². The molecule has 3 heteroatoms. The number of Topliss-reactive ketones (excluding diaryl/α,β-unsaturated/α-hetero) is 1. The number of aliphatic hydroxyl groups is 1. The van der Waals surface area contributed by atoms with Crippen LogP contribution < -0.4 is 0 Å². The topological polar surface area (TPSA) is 40.5 Å². The highest BCUT2D eigenvalue weighted by Crippen LogP contribution is 2.17. The van der Waals surface area contributed by atoms with Crippen molar-refractivity contribution in [2.45, 2.75) is 53.5 Å². The highest BCUT2D eigenvalue weighted by molar-refractivity contribution is 5.83. The second-order valence-electron chi connectivity index (χ2n) is 5.63. The summed E-state index contributed by atoms with van der Waals surface area (Å²) in [4.78, 5) is 14.0. The van der Waals surface area contributed by atoms with Crippen LogP contribution in [0.15, 0.2) is 0 Å². The fraction of sp³-hybridized carbons (Fsp3) is 0.923. The predicted molar refractivity (Wildman–Crippen MR) is 67.5 cm³/mol. The molecule has 0 saturated carbocycles. The van der Waals surface area contributed by atoms with E-state index in [9.17, 15) is 4.79 Å². The van der Waals surface area contributed by atoms with Crippen molar-refractivity contribution in [1.82, 2.24) is 4.90 Å². The standard InChI is InChI=1S/C13H27NO2/c1-11(2)14(8-6-10-15)9-7-12(16)13(3,4)5/h11,15H,6-10H2,1-5H3. The minimum Gasteiger partial charge on any atom is -0.396 e. The molecule has 0 heterocycles. The molecule has 96 valence electrons. The van der Waals surface area contributed by atoms with Crippen molar-refractivity contribution < 1.29 is 9.90 Å². The number of hydrogen-bond donors (Lipinski definition) is 1. The second-order valence-corrected chi connectivity index (χ2v) is 5.63. The monoisotopic (exact) mass is 229 g/mol. The van der Waals surface area contributed by atoms with Gasteiger partial charge in [0.2, 0.25) is 0 Å². The number of nitrogens with zero attached hydrogens (tertiary/aromatic N) is 1. The summed E-state index contributed by atoms with van der Waals surface area (Å²) >= 11 is 0. The summed E-state index contributed by atoms with van der Waals surface area (Å²) in [5.41, 5.74) is -0.236. The Balaban J connectivity index is 4.07. The normalized spacial score (nSPS) is 12.5. The van der Waals surface area contributed by atoms with Crippen LogP contribution in [-0.2, 0) is 4.79 Å². The Bertz CT molecular complexity index is 206. The van der Waals surface area contributed by atoms with Gasteiger partial charge < -0.3 is 10.0 Å². The van der Waals surface area contributed by atoms with E-state index in [4.69, 9.17) is 5.11 Å². The SMILES string of the molecule is CC(C)N(CCCO)CCC(=O)C(C)(C)C. The molecule has 0 unspecified atom stereocenters. The van der Waals surface area contributed by atoms with Gasteiger partial charge in [0.05, 0.1) is 0 Å². The first-order valence-corrected chi connectivity index (χ1v) is 6.17. The lowest BCUT2D eigenvalue weighted by molar-refractivity contribution is -0.126. The van der Waals surface area contributed by atoms with E-state index in [0.717, 1.165) is 19.5 Å². The molecule has 0 spiro atoms. The lowest BCUT2D eigenvalue weighted by Crippen LogP contribution is -2.35. The largest absolute Gasteiger partial charge is 0.396 e. The van der Waals surface area contributed by atoms with Crippen molar-refractivity contribution in [2.75, 3.05) is 19.7 Å². The molecule has 3 nitrogen and oxygen atoms in total. The summed E-state index contributed by atoms with van der Waals surface area (Å²) in [5, 5.41) is 8.81. The molecule has 0 aromatic carbocycles. The van der Waals surface area contributed by atoms with E-state index >= 15 is 0 Å². The zero-order valence-electron chi connectivity index (χ0n) is 11.4.